The second kappa shape index (κ2) is 3.71. The largest absolute Gasteiger partial charge is 0.393 e. The van der Waals surface area contributed by atoms with Crippen LogP contribution >= 0.6 is 11.6 Å². The molecule has 5 heteroatoms. The number of hydrogen-bond acceptors (Lipinski definition) is 4. The van der Waals surface area contributed by atoms with Gasteiger partial charge in [-0.05, 0) is 18.9 Å². The zero-order chi connectivity index (χ0) is 10.1. The highest BCUT2D eigenvalue weighted by molar-refractivity contribution is 6.29. The molecule has 0 aromatic carbocycles. The summed E-state index contributed by atoms with van der Waals surface area (Å²) in [7, 11) is 1.92. The number of aromatic nitrogens is 2. The third-order valence-electron chi connectivity index (χ3n) is 2.56. The Morgan fingerprint density at radius 2 is 2.29 bits per heavy atom. The molecule has 1 aliphatic carbocycles. The molecule has 0 amide bonds. The van der Waals surface area contributed by atoms with Gasteiger partial charge in [-0.25, -0.2) is 9.97 Å². The summed E-state index contributed by atoms with van der Waals surface area (Å²) in [5.74, 6) is 0.620. The van der Waals surface area contributed by atoms with Crippen molar-refractivity contribution in [2.24, 2.45) is 0 Å². The first-order valence-corrected chi connectivity index (χ1v) is 4.94. The zero-order valence-electron chi connectivity index (χ0n) is 7.89. The lowest BCUT2D eigenvalue weighted by molar-refractivity contribution is 0.0746. The summed E-state index contributed by atoms with van der Waals surface area (Å²) < 4.78 is 0. The van der Waals surface area contributed by atoms with Crippen LogP contribution in [0.5, 0.6) is 0 Å². The van der Waals surface area contributed by atoms with Crippen molar-refractivity contribution < 1.29 is 5.11 Å². The Kier molecular flexibility index (Phi) is 2.56. The molecule has 2 rings (SSSR count). The van der Waals surface area contributed by atoms with Crippen molar-refractivity contribution in [1.29, 1.82) is 0 Å². The lowest BCUT2D eigenvalue weighted by atomic mass is 9.88. The minimum atomic E-state index is -0.165. The maximum Gasteiger partial charge on any atom is 0.226 e. The van der Waals surface area contributed by atoms with Gasteiger partial charge < -0.3 is 10.0 Å². The quantitative estimate of drug-likeness (QED) is 0.748. The van der Waals surface area contributed by atoms with Gasteiger partial charge >= 0.3 is 0 Å². The van der Waals surface area contributed by atoms with Gasteiger partial charge in [-0.3, -0.25) is 0 Å². The topological polar surface area (TPSA) is 49.2 Å². The van der Waals surface area contributed by atoms with Gasteiger partial charge in [0.2, 0.25) is 5.95 Å². The highest BCUT2D eigenvalue weighted by atomic mass is 35.5. The normalized spacial score (nSPS) is 25.6. The van der Waals surface area contributed by atoms with Crippen LogP contribution in [0.1, 0.15) is 12.8 Å². The van der Waals surface area contributed by atoms with Crippen molar-refractivity contribution in [1.82, 2.24) is 9.97 Å². The highest BCUT2D eigenvalue weighted by Crippen LogP contribution is 2.26. The molecule has 0 saturated heterocycles. The minimum Gasteiger partial charge on any atom is -0.393 e. The van der Waals surface area contributed by atoms with Gasteiger partial charge in [-0.2, -0.15) is 0 Å². The van der Waals surface area contributed by atoms with Crippen LogP contribution in [0.2, 0.25) is 5.15 Å². The number of aliphatic hydroxyl groups is 1. The summed E-state index contributed by atoms with van der Waals surface area (Å²) in [4.78, 5) is 10.2. The van der Waals surface area contributed by atoms with E-state index in [1.807, 2.05) is 11.9 Å². The summed E-state index contributed by atoms with van der Waals surface area (Å²) in [5.41, 5.74) is 0. The molecule has 1 fully saturated rings. The van der Waals surface area contributed by atoms with E-state index in [1.54, 1.807) is 12.3 Å². The molecule has 0 unspecified atom stereocenters. The van der Waals surface area contributed by atoms with Crippen LogP contribution in [0.3, 0.4) is 0 Å². The van der Waals surface area contributed by atoms with Crippen molar-refractivity contribution in [3.05, 3.63) is 17.4 Å². The number of halogens is 1. The Bertz CT molecular complexity index is 328. The van der Waals surface area contributed by atoms with Crippen molar-refractivity contribution >= 4 is 17.5 Å². The fourth-order valence-electron chi connectivity index (χ4n) is 1.54. The number of aliphatic hydroxyl groups excluding tert-OH is 1. The van der Waals surface area contributed by atoms with Crippen LogP contribution in [0.15, 0.2) is 12.3 Å². The SMILES string of the molecule is CN(c1nccc(Cl)n1)C1CC(O)C1. The zero-order valence-corrected chi connectivity index (χ0v) is 8.65. The van der Waals surface area contributed by atoms with E-state index in [9.17, 15) is 5.11 Å². The molecule has 0 spiro atoms. The fraction of sp³-hybridized carbons (Fsp3) is 0.556. The Morgan fingerprint density at radius 1 is 1.57 bits per heavy atom. The van der Waals surface area contributed by atoms with E-state index < -0.39 is 0 Å². The molecule has 0 radical (unpaired) electrons. The molecule has 14 heavy (non-hydrogen) atoms. The van der Waals surface area contributed by atoms with Gasteiger partial charge in [0, 0.05) is 19.3 Å². The predicted octanol–water partition coefficient (Wildman–Crippen LogP) is 1.09. The molecule has 0 bridgehead atoms. The van der Waals surface area contributed by atoms with E-state index in [0.717, 1.165) is 12.8 Å². The lowest BCUT2D eigenvalue weighted by Crippen LogP contribution is -2.46. The molecule has 1 aliphatic rings. The molecular formula is C9H12ClN3O. The number of nitrogens with zero attached hydrogens (tertiary/aromatic N) is 3. The fourth-order valence-corrected chi connectivity index (χ4v) is 1.67. The standard InChI is InChI=1S/C9H12ClN3O/c1-13(6-4-7(14)5-6)9-11-3-2-8(10)12-9/h2-3,6-7,14H,4-5H2,1H3. The van der Waals surface area contributed by atoms with Crippen molar-refractivity contribution in [2.45, 2.75) is 25.0 Å². The van der Waals surface area contributed by atoms with Gasteiger partial charge in [0.25, 0.3) is 0 Å². The van der Waals surface area contributed by atoms with Crippen molar-refractivity contribution in [3.8, 4) is 0 Å². The number of anilines is 1. The molecule has 0 aliphatic heterocycles. The monoisotopic (exact) mass is 213 g/mol. The van der Waals surface area contributed by atoms with Crippen LogP contribution in [-0.2, 0) is 0 Å². The van der Waals surface area contributed by atoms with E-state index in [-0.39, 0.29) is 6.10 Å². The molecular weight excluding hydrogens is 202 g/mol. The van der Waals surface area contributed by atoms with Crippen LogP contribution < -0.4 is 4.90 Å². The van der Waals surface area contributed by atoms with Crippen molar-refractivity contribution in [3.63, 3.8) is 0 Å². The average molecular weight is 214 g/mol. The smallest absolute Gasteiger partial charge is 0.226 e. The van der Waals surface area contributed by atoms with Crippen LogP contribution in [0.4, 0.5) is 5.95 Å². The third-order valence-corrected chi connectivity index (χ3v) is 2.77. The first kappa shape index (κ1) is 9.68. The molecule has 4 nitrogen and oxygen atoms in total. The first-order valence-electron chi connectivity index (χ1n) is 4.56. The molecule has 1 aromatic heterocycles. The van der Waals surface area contributed by atoms with Crippen LogP contribution in [0.25, 0.3) is 0 Å². The van der Waals surface area contributed by atoms with Crippen LogP contribution in [-0.4, -0.2) is 34.3 Å². The Morgan fingerprint density at radius 3 is 2.86 bits per heavy atom. The Labute approximate surface area is 87.5 Å². The van der Waals surface area contributed by atoms with Crippen LogP contribution in [0, 0.1) is 0 Å². The molecule has 76 valence electrons. The van der Waals surface area contributed by atoms with E-state index in [2.05, 4.69) is 9.97 Å². The Hall–Kier alpha value is -0.870. The van der Waals surface area contributed by atoms with Gasteiger partial charge in [-0.1, -0.05) is 11.6 Å². The van der Waals surface area contributed by atoms with Gasteiger partial charge in [0.05, 0.1) is 6.10 Å². The molecule has 1 aromatic rings. The average Bonchev–Trinajstić information content (AvgIpc) is 2.12. The van der Waals surface area contributed by atoms with E-state index in [1.165, 1.54) is 0 Å². The van der Waals surface area contributed by atoms with E-state index >= 15 is 0 Å². The summed E-state index contributed by atoms with van der Waals surface area (Å²) in [5, 5.41) is 9.62. The lowest BCUT2D eigenvalue weighted by Gasteiger charge is -2.38. The third kappa shape index (κ3) is 1.81. The second-order valence-electron chi connectivity index (χ2n) is 3.57. The molecule has 1 saturated carbocycles. The van der Waals surface area contributed by atoms with Gasteiger partial charge in [-0.15, -0.1) is 0 Å². The van der Waals surface area contributed by atoms with E-state index in [0.29, 0.717) is 17.1 Å². The van der Waals surface area contributed by atoms with Gasteiger partial charge in [0.15, 0.2) is 0 Å². The van der Waals surface area contributed by atoms with E-state index in [4.69, 9.17) is 11.6 Å². The number of rotatable bonds is 2. The summed E-state index contributed by atoms with van der Waals surface area (Å²) >= 11 is 5.76. The maximum atomic E-state index is 9.18. The highest BCUT2D eigenvalue weighted by Gasteiger charge is 2.31. The molecule has 0 atom stereocenters. The maximum absolute atomic E-state index is 9.18. The summed E-state index contributed by atoms with van der Waals surface area (Å²) in [6.07, 6.45) is 3.04. The predicted molar refractivity (Wildman–Crippen MR) is 54.5 cm³/mol. The molecule has 1 N–H and O–H groups in total. The molecule has 1 heterocycles. The summed E-state index contributed by atoms with van der Waals surface area (Å²) in [6, 6.07) is 1.98. The van der Waals surface area contributed by atoms with Gasteiger partial charge in [0.1, 0.15) is 5.15 Å². The van der Waals surface area contributed by atoms with Crippen molar-refractivity contribution in [2.75, 3.05) is 11.9 Å². The summed E-state index contributed by atoms with van der Waals surface area (Å²) in [6.45, 7) is 0. The first-order chi connectivity index (χ1) is 6.66. The number of hydrogen-bond donors (Lipinski definition) is 1. The minimum absolute atomic E-state index is 0.165. The second-order valence-corrected chi connectivity index (χ2v) is 3.96. The Balaban J connectivity index is 2.07.